The van der Waals surface area contributed by atoms with Gasteiger partial charge in [0.15, 0.2) is 0 Å². The number of rotatable bonds is 4. The highest BCUT2D eigenvalue weighted by Gasteiger charge is 2.48. The number of aromatic nitrogens is 1. The van der Waals surface area contributed by atoms with Gasteiger partial charge in [0.05, 0.1) is 18.4 Å². The van der Waals surface area contributed by atoms with E-state index in [0.717, 1.165) is 16.7 Å². The van der Waals surface area contributed by atoms with Crippen LogP contribution < -0.4 is 9.64 Å². The van der Waals surface area contributed by atoms with Gasteiger partial charge in [-0.05, 0) is 73.9 Å². The lowest BCUT2D eigenvalue weighted by Gasteiger charge is -2.26. The minimum Gasteiger partial charge on any atom is -0.507 e. The van der Waals surface area contributed by atoms with Gasteiger partial charge in [-0.25, -0.2) is 0 Å². The minimum atomic E-state index is -0.848. The van der Waals surface area contributed by atoms with Crippen LogP contribution in [0, 0.1) is 20.8 Å². The maximum absolute atomic E-state index is 13.2. The second kappa shape index (κ2) is 8.30. The Labute approximate surface area is 186 Å². The molecule has 1 aliphatic heterocycles. The Hall–Kier alpha value is -3.93. The summed E-state index contributed by atoms with van der Waals surface area (Å²) in [7, 11) is 1.57. The maximum Gasteiger partial charge on any atom is 0.300 e. The summed E-state index contributed by atoms with van der Waals surface area (Å²) in [6.07, 6.45) is 1.61. The highest BCUT2D eigenvalue weighted by atomic mass is 16.5. The van der Waals surface area contributed by atoms with Crippen molar-refractivity contribution in [2.45, 2.75) is 26.8 Å². The molecule has 1 aliphatic rings. The van der Waals surface area contributed by atoms with Gasteiger partial charge in [-0.1, -0.05) is 18.2 Å². The minimum absolute atomic E-state index is 0.0131. The highest BCUT2D eigenvalue weighted by Crippen LogP contribution is 2.42. The monoisotopic (exact) mass is 428 g/mol. The van der Waals surface area contributed by atoms with E-state index in [9.17, 15) is 14.7 Å². The number of pyridine rings is 1. The number of aryl methyl sites for hydroxylation is 3. The van der Waals surface area contributed by atoms with Crippen LogP contribution in [0.2, 0.25) is 0 Å². The Kier molecular flexibility index (Phi) is 5.53. The van der Waals surface area contributed by atoms with E-state index in [4.69, 9.17) is 4.74 Å². The van der Waals surface area contributed by atoms with E-state index >= 15 is 0 Å². The third-order valence-corrected chi connectivity index (χ3v) is 5.70. The van der Waals surface area contributed by atoms with Gasteiger partial charge in [0.2, 0.25) is 0 Å². The summed E-state index contributed by atoms with van der Waals surface area (Å²) in [5, 5.41) is 11.2. The highest BCUT2D eigenvalue weighted by molar-refractivity contribution is 6.51. The van der Waals surface area contributed by atoms with Crippen LogP contribution in [0.3, 0.4) is 0 Å². The van der Waals surface area contributed by atoms with Gasteiger partial charge in [0.25, 0.3) is 11.7 Å². The normalized spacial score (nSPS) is 17.6. The molecule has 1 saturated heterocycles. The molecule has 0 saturated carbocycles. The van der Waals surface area contributed by atoms with Crippen molar-refractivity contribution in [3.63, 3.8) is 0 Å². The molecule has 6 nitrogen and oxygen atoms in total. The molecular weight excluding hydrogens is 404 g/mol. The molecular formula is C26H24N2O4. The van der Waals surface area contributed by atoms with Gasteiger partial charge < -0.3 is 9.84 Å². The fourth-order valence-corrected chi connectivity index (χ4v) is 4.06. The fourth-order valence-electron chi connectivity index (χ4n) is 4.06. The zero-order chi connectivity index (χ0) is 23.0. The summed E-state index contributed by atoms with van der Waals surface area (Å²) < 4.78 is 5.30. The van der Waals surface area contributed by atoms with Crippen LogP contribution in [0.15, 0.2) is 66.4 Å². The zero-order valence-corrected chi connectivity index (χ0v) is 18.4. The molecule has 1 N–H and O–H groups in total. The lowest BCUT2D eigenvalue weighted by Crippen LogP contribution is -2.30. The summed E-state index contributed by atoms with van der Waals surface area (Å²) in [5.74, 6) is -1.01. The first-order chi connectivity index (χ1) is 15.3. The predicted octanol–water partition coefficient (Wildman–Crippen LogP) is 4.64. The first-order valence-corrected chi connectivity index (χ1v) is 10.3. The van der Waals surface area contributed by atoms with E-state index in [2.05, 4.69) is 4.98 Å². The van der Waals surface area contributed by atoms with Gasteiger partial charge in [-0.3, -0.25) is 19.5 Å². The number of carbonyl (C=O) groups excluding carboxylic acids is 2. The van der Waals surface area contributed by atoms with Crippen molar-refractivity contribution in [1.82, 2.24) is 4.98 Å². The van der Waals surface area contributed by atoms with Gasteiger partial charge >= 0.3 is 0 Å². The number of ketones is 1. The second-order valence-electron chi connectivity index (χ2n) is 7.90. The Morgan fingerprint density at radius 3 is 2.44 bits per heavy atom. The molecule has 0 spiro atoms. The Morgan fingerprint density at radius 1 is 1.00 bits per heavy atom. The molecule has 0 aliphatic carbocycles. The van der Waals surface area contributed by atoms with Crippen LogP contribution >= 0.6 is 0 Å². The van der Waals surface area contributed by atoms with E-state index in [1.165, 1.54) is 4.90 Å². The molecule has 2 aromatic carbocycles. The van der Waals surface area contributed by atoms with Crippen LogP contribution in [-0.2, 0) is 9.59 Å². The molecule has 3 aromatic rings. The lowest BCUT2D eigenvalue weighted by atomic mass is 9.97. The number of aliphatic hydroxyl groups excluding tert-OH is 1. The van der Waals surface area contributed by atoms with Crippen molar-refractivity contribution < 1.29 is 19.4 Å². The number of methoxy groups -OCH3 is 1. The summed E-state index contributed by atoms with van der Waals surface area (Å²) in [4.78, 5) is 32.3. The maximum atomic E-state index is 13.2. The van der Waals surface area contributed by atoms with E-state index in [1.807, 2.05) is 39.0 Å². The standard InChI is InChI=1S/C26H24N2O4/c1-15-8-9-16(2)20(13-15)28-23(19-7-5-6-12-27-19)22(25(30)26(28)31)24(29)18-10-11-21(32-4)17(3)14-18/h5-14,23,29H,1-4H3/b24-22-. The van der Waals surface area contributed by atoms with Gasteiger partial charge in [-0.2, -0.15) is 0 Å². The Bertz CT molecular complexity index is 1250. The first kappa shape index (κ1) is 21.3. The number of aliphatic hydroxyl groups is 1. The molecule has 32 heavy (non-hydrogen) atoms. The zero-order valence-electron chi connectivity index (χ0n) is 18.4. The van der Waals surface area contributed by atoms with E-state index in [-0.39, 0.29) is 11.3 Å². The summed E-state index contributed by atoms with van der Waals surface area (Å²) in [6.45, 7) is 5.66. The van der Waals surface area contributed by atoms with Crippen molar-refractivity contribution in [1.29, 1.82) is 0 Å². The van der Waals surface area contributed by atoms with Crippen LogP contribution in [-0.4, -0.2) is 28.9 Å². The van der Waals surface area contributed by atoms with Crippen molar-refractivity contribution in [2.75, 3.05) is 12.0 Å². The fraction of sp³-hybridized carbons (Fsp3) is 0.192. The van der Waals surface area contributed by atoms with Gasteiger partial charge in [-0.15, -0.1) is 0 Å². The molecule has 4 rings (SSSR count). The van der Waals surface area contributed by atoms with Crippen molar-refractivity contribution in [3.05, 3.63) is 94.3 Å². The number of hydrogen-bond donors (Lipinski definition) is 1. The molecule has 1 unspecified atom stereocenters. The second-order valence-corrected chi connectivity index (χ2v) is 7.90. The number of carbonyl (C=O) groups is 2. The van der Waals surface area contributed by atoms with Crippen molar-refractivity contribution in [2.24, 2.45) is 0 Å². The number of amides is 1. The van der Waals surface area contributed by atoms with E-state index in [0.29, 0.717) is 22.7 Å². The summed E-state index contributed by atoms with van der Waals surface area (Å²) in [6, 6.07) is 15.3. The van der Waals surface area contributed by atoms with E-state index in [1.54, 1.807) is 49.7 Å². The number of anilines is 1. The number of ether oxygens (including phenoxy) is 1. The third-order valence-electron chi connectivity index (χ3n) is 5.70. The van der Waals surface area contributed by atoms with Gasteiger partial charge in [0.1, 0.15) is 17.6 Å². The van der Waals surface area contributed by atoms with Crippen molar-refractivity contribution >= 4 is 23.1 Å². The molecule has 1 atom stereocenters. The SMILES string of the molecule is COc1ccc(/C(O)=C2/C(=O)C(=O)N(c3cc(C)ccc3C)C2c2ccccn2)cc1C. The molecule has 6 heteroatoms. The molecule has 1 aromatic heterocycles. The van der Waals surface area contributed by atoms with E-state index < -0.39 is 17.7 Å². The smallest absolute Gasteiger partial charge is 0.300 e. The number of Topliss-reactive ketones (excluding diaryl/α,β-unsaturated/α-hetero) is 1. The molecule has 0 bridgehead atoms. The molecule has 0 radical (unpaired) electrons. The predicted molar refractivity (Wildman–Crippen MR) is 123 cm³/mol. The largest absolute Gasteiger partial charge is 0.507 e. The third kappa shape index (κ3) is 3.54. The van der Waals surface area contributed by atoms with Crippen molar-refractivity contribution in [3.8, 4) is 5.75 Å². The Balaban J connectivity index is 1.96. The lowest BCUT2D eigenvalue weighted by molar-refractivity contribution is -0.132. The Morgan fingerprint density at radius 2 is 1.78 bits per heavy atom. The average Bonchev–Trinajstić information content (AvgIpc) is 3.06. The first-order valence-electron chi connectivity index (χ1n) is 10.3. The summed E-state index contributed by atoms with van der Waals surface area (Å²) in [5.41, 5.74) is 4.17. The topological polar surface area (TPSA) is 79.7 Å². The molecule has 2 heterocycles. The number of benzene rings is 2. The van der Waals surface area contributed by atoms with Gasteiger partial charge in [0, 0.05) is 17.4 Å². The summed E-state index contributed by atoms with van der Waals surface area (Å²) >= 11 is 0. The molecule has 1 amide bonds. The number of nitrogens with zero attached hydrogens (tertiary/aromatic N) is 2. The molecule has 1 fully saturated rings. The number of hydrogen-bond acceptors (Lipinski definition) is 5. The average molecular weight is 428 g/mol. The quantitative estimate of drug-likeness (QED) is 0.372. The van der Waals surface area contributed by atoms with Crippen LogP contribution in [0.1, 0.15) is 34.0 Å². The van der Waals surface area contributed by atoms with Crippen LogP contribution in [0.5, 0.6) is 5.75 Å². The molecule has 162 valence electrons. The van der Waals surface area contributed by atoms with Crippen LogP contribution in [0.25, 0.3) is 5.76 Å². The van der Waals surface area contributed by atoms with Crippen LogP contribution in [0.4, 0.5) is 5.69 Å².